The summed E-state index contributed by atoms with van der Waals surface area (Å²) < 4.78 is 6.34. The number of rotatable bonds is 7. The number of hydrogen-bond acceptors (Lipinski definition) is 7. The lowest BCUT2D eigenvalue weighted by Crippen LogP contribution is -2.35. The quantitative estimate of drug-likeness (QED) is 0.744. The highest BCUT2D eigenvalue weighted by Crippen LogP contribution is 2.20. The van der Waals surface area contributed by atoms with E-state index in [0.717, 1.165) is 11.0 Å². The summed E-state index contributed by atoms with van der Waals surface area (Å²) in [6, 6.07) is 0. The lowest BCUT2D eigenvalue weighted by atomic mass is 10.3. The van der Waals surface area contributed by atoms with E-state index in [2.05, 4.69) is 30.4 Å². The average molecular weight is 307 g/mol. The van der Waals surface area contributed by atoms with E-state index >= 15 is 0 Å². The molecule has 0 amide bonds. The number of H-pyrrole nitrogens is 2. The molecule has 118 valence electrons. The van der Waals surface area contributed by atoms with Crippen molar-refractivity contribution in [3.8, 4) is 5.88 Å². The third-order valence-corrected chi connectivity index (χ3v) is 2.80. The molecule has 0 atom stereocenters. The molecule has 2 aromatic rings. The Morgan fingerprint density at radius 3 is 2.77 bits per heavy atom. The van der Waals surface area contributed by atoms with E-state index in [1.54, 1.807) is 6.92 Å². The maximum atomic E-state index is 12.4. The van der Waals surface area contributed by atoms with Crippen molar-refractivity contribution in [1.82, 2.24) is 24.7 Å². The van der Waals surface area contributed by atoms with Crippen molar-refractivity contribution in [2.24, 2.45) is 10.2 Å². The summed E-state index contributed by atoms with van der Waals surface area (Å²) in [6.07, 6.45) is 2.90. The lowest BCUT2D eigenvalue weighted by Gasteiger charge is -2.08. The van der Waals surface area contributed by atoms with Crippen molar-refractivity contribution < 1.29 is 4.74 Å². The topological polar surface area (TPSA) is 130 Å². The van der Waals surface area contributed by atoms with E-state index in [1.807, 2.05) is 6.92 Å². The first kappa shape index (κ1) is 15.6. The molecular weight excluding hydrogens is 290 g/mol. The summed E-state index contributed by atoms with van der Waals surface area (Å²) >= 11 is 0. The number of hydrogen-bond donors (Lipinski definition) is 2. The Morgan fingerprint density at radius 1 is 1.32 bits per heavy atom. The van der Waals surface area contributed by atoms with Gasteiger partial charge in [-0.15, -0.1) is 20.4 Å². The van der Waals surface area contributed by atoms with Gasteiger partial charge in [-0.2, -0.15) is 0 Å². The largest absolute Gasteiger partial charge is 0.477 e. The van der Waals surface area contributed by atoms with Crippen LogP contribution < -0.4 is 16.0 Å². The molecule has 0 aliphatic carbocycles. The number of azo groups is 1. The van der Waals surface area contributed by atoms with Crippen molar-refractivity contribution in [3.63, 3.8) is 0 Å². The molecule has 0 saturated heterocycles. The van der Waals surface area contributed by atoms with Gasteiger partial charge in [-0.25, -0.2) is 4.79 Å². The molecule has 2 heterocycles. The first-order valence-electron chi connectivity index (χ1n) is 6.95. The summed E-state index contributed by atoms with van der Waals surface area (Å²) in [6.45, 7) is 4.29. The lowest BCUT2D eigenvalue weighted by molar-refractivity contribution is 0.323. The molecule has 0 aromatic carbocycles. The monoisotopic (exact) mass is 307 g/mol. The smallest absolute Gasteiger partial charge is 0.331 e. The second-order valence-electron chi connectivity index (χ2n) is 4.36. The highest BCUT2D eigenvalue weighted by molar-refractivity contribution is 5.44. The Morgan fingerprint density at radius 2 is 2.14 bits per heavy atom. The Bertz CT molecular complexity index is 745. The fraction of sp³-hybridized carbons (Fsp3) is 0.500. The van der Waals surface area contributed by atoms with E-state index < -0.39 is 11.2 Å². The first-order chi connectivity index (χ1) is 10.7. The molecule has 0 spiro atoms. The second-order valence-corrected chi connectivity index (χ2v) is 4.36. The maximum Gasteiger partial charge on any atom is 0.331 e. The third-order valence-electron chi connectivity index (χ3n) is 2.80. The number of ether oxygens (including phenoxy) is 1. The first-order valence-corrected chi connectivity index (χ1v) is 6.95. The summed E-state index contributed by atoms with van der Waals surface area (Å²) in [7, 11) is 0. The zero-order chi connectivity index (χ0) is 15.9. The van der Waals surface area contributed by atoms with E-state index in [4.69, 9.17) is 4.74 Å². The molecule has 0 unspecified atom stereocenters. The van der Waals surface area contributed by atoms with Gasteiger partial charge >= 0.3 is 5.69 Å². The molecule has 0 radical (unpaired) electrons. The van der Waals surface area contributed by atoms with E-state index in [-0.39, 0.29) is 24.1 Å². The van der Waals surface area contributed by atoms with Gasteiger partial charge in [-0.3, -0.25) is 14.3 Å². The summed E-state index contributed by atoms with van der Waals surface area (Å²) in [4.78, 5) is 29.5. The second kappa shape index (κ2) is 7.29. The predicted octanol–water partition coefficient (Wildman–Crippen LogP) is 1.27. The van der Waals surface area contributed by atoms with Gasteiger partial charge in [0, 0.05) is 6.54 Å². The van der Waals surface area contributed by atoms with Crippen LogP contribution in [0.4, 0.5) is 11.6 Å². The van der Waals surface area contributed by atoms with Crippen LogP contribution in [0.2, 0.25) is 0 Å². The minimum absolute atomic E-state index is 0.00601. The molecule has 0 bridgehead atoms. The van der Waals surface area contributed by atoms with Gasteiger partial charge in [0.05, 0.1) is 6.61 Å². The van der Waals surface area contributed by atoms with Crippen LogP contribution in [-0.2, 0) is 6.54 Å². The normalized spacial score (nSPS) is 11.2. The number of aromatic amines is 2. The molecule has 2 rings (SSSR count). The molecule has 0 aliphatic heterocycles. The SMILES string of the molecule is CCCCn1c(=O)[nH]c(OCC)c(/N=N/c2nnc[nH]2)c1=O. The van der Waals surface area contributed by atoms with Crippen LogP contribution >= 0.6 is 0 Å². The van der Waals surface area contributed by atoms with Gasteiger partial charge in [-0.05, 0) is 13.3 Å². The number of aromatic nitrogens is 5. The fourth-order valence-corrected chi connectivity index (χ4v) is 1.74. The molecule has 0 fully saturated rings. The minimum atomic E-state index is -0.552. The number of unbranched alkanes of at least 4 members (excludes halogenated alkanes) is 1. The molecule has 10 nitrogen and oxygen atoms in total. The van der Waals surface area contributed by atoms with Gasteiger partial charge in [0.25, 0.3) is 11.5 Å². The summed E-state index contributed by atoms with van der Waals surface area (Å²) in [5.74, 6) is 0.140. The van der Waals surface area contributed by atoms with Gasteiger partial charge in [0.15, 0.2) is 0 Å². The van der Waals surface area contributed by atoms with Crippen molar-refractivity contribution >= 4 is 11.6 Å². The van der Waals surface area contributed by atoms with Crippen LogP contribution in [0, 0.1) is 0 Å². The van der Waals surface area contributed by atoms with E-state index in [1.165, 1.54) is 6.33 Å². The zero-order valence-electron chi connectivity index (χ0n) is 12.4. The predicted molar refractivity (Wildman–Crippen MR) is 78.0 cm³/mol. The van der Waals surface area contributed by atoms with E-state index in [9.17, 15) is 9.59 Å². The Hall–Kier alpha value is -2.78. The van der Waals surface area contributed by atoms with Crippen LogP contribution in [0.5, 0.6) is 5.88 Å². The van der Waals surface area contributed by atoms with Crippen LogP contribution in [0.25, 0.3) is 0 Å². The van der Waals surface area contributed by atoms with Crippen molar-refractivity contribution in [1.29, 1.82) is 0 Å². The van der Waals surface area contributed by atoms with Crippen LogP contribution in [0.15, 0.2) is 26.1 Å². The highest BCUT2D eigenvalue weighted by atomic mass is 16.5. The van der Waals surface area contributed by atoms with Crippen molar-refractivity contribution in [2.45, 2.75) is 33.2 Å². The average Bonchev–Trinajstić information content (AvgIpc) is 3.00. The maximum absolute atomic E-state index is 12.4. The summed E-state index contributed by atoms with van der Waals surface area (Å²) in [5, 5.41) is 14.8. The van der Waals surface area contributed by atoms with Gasteiger partial charge < -0.3 is 9.72 Å². The minimum Gasteiger partial charge on any atom is -0.477 e. The Balaban J connectivity index is 2.48. The molecule has 2 N–H and O–H groups in total. The van der Waals surface area contributed by atoms with Crippen molar-refractivity contribution in [2.75, 3.05) is 6.61 Å². The molecule has 10 heteroatoms. The standard InChI is InChI=1S/C12H17N7O3/c1-3-5-6-19-10(20)8(9(22-4-2)15-12(19)21)16-18-11-13-7-14-17-11/h7H,3-6H2,1-2H3,(H,15,21)(H,13,14,17)/b18-16+. The van der Waals surface area contributed by atoms with Crippen LogP contribution in [0.1, 0.15) is 26.7 Å². The molecule has 0 saturated carbocycles. The van der Waals surface area contributed by atoms with Gasteiger partial charge in [0.1, 0.15) is 6.33 Å². The van der Waals surface area contributed by atoms with Crippen molar-refractivity contribution in [3.05, 3.63) is 27.2 Å². The van der Waals surface area contributed by atoms with Crippen LogP contribution in [0.3, 0.4) is 0 Å². The molecule has 22 heavy (non-hydrogen) atoms. The summed E-state index contributed by atoms with van der Waals surface area (Å²) in [5.41, 5.74) is -1.15. The zero-order valence-corrected chi connectivity index (χ0v) is 12.4. The fourth-order valence-electron chi connectivity index (χ4n) is 1.74. The third kappa shape index (κ3) is 3.45. The van der Waals surface area contributed by atoms with Gasteiger partial charge in [0.2, 0.25) is 11.6 Å². The number of nitrogens with zero attached hydrogens (tertiary/aromatic N) is 5. The van der Waals surface area contributed by atoms with Crippen LogP contribution in [-0.4, -0.2) is 31.3 Å². The Kier molecular flexibility index (Phi) is 5.17. The van der Waals surface area contributed by atoms with E-state index in [0.29, 0.717) is 13.0 Å². The number of nitrogens with one attached hydrogen (secondary N) is 2. The molecule has 0 aliphatic rings. The highest BCUT2D eigenvalue weighted by Gasteiger charge is 2.15. The Labute approximate surface area is 125 Å². The van der Waals surface area contributed by atoms with Gasteiger partial charge in [-0.1, -0.05) is 13.3 Å². The molecule has 2 aromatic heterocycles. The molecular formula is C12H17N7O3.